The number of rotatable bonds is 1. The number of hydrogen-bond acceptors (Lipinski definition) is 4. The lowest BCUT2D eigenvalue weighted by Crippen LogP contribution is -2.48. The summed E-state index contributed by atoms with van der Waals surface area (Å²) in [6, 6.07) is 0. The summed E-state index contributed by atoms with van der Waals surface area (Å²) in [5.74, 6) is -0.433. The standard InChI is InChI=1S/C16H21N3O3/c20-14-8-11(16(22-14)5-2-1-3-6-16)15(21)19-7-4-12-13(9-19)18-10-17-12/h10-11H,1-9H2,(H,17,18)/t11-/m1/s1. The maximum Gasteiger partial charge on any atom is 0.307 e. The summed E-state index contributed by atoms with van der Waals surface area (Å²) >= 11 is 0. The molecule has 6 nitrogen and oxygen atoms in total. The molecule has 22 heavy (non-hydrogen) atoms. The highest BCUT2D eigenvalue weighted by Gasteiger charge is 2.53. The average molecular weight is 303 g/mol. The van der Waals surface area contributed by atoms with E-state index in [1.807, 2.05) is 4.90 Å². The van der Waals surface area contributed by atoms with E-state index in [2.05, 4.69) is 9.97 Å². The fraction of sp³-hybridized carbons (Fsp3) is 0.688. The van der Waals surface area contributed by atoms with E-state index < -0.39 is 5.60 Å². The SMILES string of the molecule is O=C1C[C@H](C(=O)N2CCc3nc[nH]c3C2)C2(CCCCC2)O1. The lowest BCUT2D eigenvalue weighted by Gasteiger charge is -2.38. The van der Waals surface area contributed by atoms with Gasteiger partial charge in [-0.2, -0.15) is 0 Å². The first-order valence-corrected chi connectivity index (χ1v) is 8.20. The Morgan fingerprint density at radius 2 is 2.18 bits per heavy atom. The molecule has 0 unspecified atom stereocenters. The third-order valence-electron chi connectivity index (χ3n) is 5.41. The van der Waals surface area contributed by atoms with Crippen molar-refractivity contribution in [2.24, 2.45) is 5.92 Å². The van der Waals surface area contributed by atoms with Gasteiger partial charge < -0.3 is 14.6 Å². The van der Waals surface area contributed by atoms with E-state index in [-0.39, 0.29) is 24.2 Å². The van der Waals surface area contributed by atoms with Crippen molar-refractivity contribution in [3.63, 3.8) is 0 Å². The fourth-order valence-corrected chi connectivity index (χ4v) is 4.23. The van der Waals surface area contributed by atoms with Crippen molar-refractivity contribution in [3.8, 4) is 0 Å². The number of esters is 1. The number of carbonyl (C=O) groups is 2. The molecule has 4 rings (SSSR count). The van der Waals surface area contributed by atoms with E-state index in [0.717, 1.165) is 43.5 Å². The number of ether oxygens (including phenoxy) is 1. The Balaban J connectivity index is 1.55. The largest absolute Gasteiger partial charge is 0.458 e. The van der Waals surface area contributed by atoms with Crippen LogP contribution in [0.4, 0.5) is 0 Å². The van der Waals surface area contributed by atoms with Crippen LogP contribution in [0.5, 0.6) is 0 Å². The molecule has 1 N–H and O–H groups in total. The van der Waals surface area contributed by atoms with Gasteiger partial charge in [0.25, 0.3) is 0 Å². The van der Waals surface area contributed by atoms with Gasteiger partial charge in [-0.1, -0.05) is 6.42 Å². The molecular weight excluding hydrogens is 282 g/mol. The summed E-state index contributed by atoms with van der Waals surface area (Å²) in [6.07, 6.45) is 7.62. The van der Waals surface area contributed by atoms with E-state index in [9.17, 15) is 9.59 Å². The molecule has 1 aromatic heterocycles. The second-order valence-electron chi connectivity index (χ2n) is 6.69. The Kier molecular flexibility index (Phi) is 3.20. The van der Waals surface area contributed by atoms with Crippen LogP contribution in [0.25, 0.3) is 0 Å². The Morgan fingerprint density at radius 3 is 3.00 bits per heavy atom. The average Bonchev–Trinajstić information content (AvgIpc) is 3.11. The van der Waals surface area contributed by atoms with Crippen molar-refractivity contribution in [1.29, 1.82) is 0 Å². The van der Waals surface area contributed by atoms with Gasteiger partial charge in [0.2, 0.25) is 5.91 Å². The minimum atomic E-state index is -0.527. The molecule has 3 heterocycles. The van der Waals surface area contributed by atoms with E-state index in [1.54, 1.807) is 6.33 Å². The second-order valence-corrected chi connectivity index (χ2v) is 6.69. The van der Waals surface area contributed by atoms with Gasteiger partial charge in [-0.25, -0.2) is 4.98 Å². The van der Waals surface area contributed by atoms with E-state index in [4.69, 9.17) is 4.74 Å². The van der Waals surface area contributed by atoms with Gasteiger partial charge in [-0.3, -0.25) is 9.59 Å². The van der Waals surface area contributed by atoms with Gasteiger partial charge >= 0.3 is 5.97 Å². The van der Waals surface area contributed by atoms with Crippen molar-refractivity contribution in [1.82, 2.24) is 14.9 Å². The van der Waals surface area contributed by atoms with Gasteiger partial charge in [0.1, 0.15) is 5.60 Å². The number of carbonyl (C=O) groups excluding carboxylic acids is 2. The molecule has 1 aliphatic carbocycles. The zero-order valence-electron chi connectivity index (χ0n) is 12.6. The van der Waals surface area contributed by atoms with Crippen LogP contribution in [0.3, 0.4) is 0 Å². The number of nitrogens with zero attached hydrogens (tertiary/aromatic N) is 2. The normalized spacial score (nSPS) is 26.8. The minimum absolute atomic E-state index is 0.0769. The summed E-state index contributed by atoms with van der Waals surface area (Å²) in [7, 11) is 0. The molecule has 2 aliphatic heterocycles. The predicted octanol–water partition coefficient (Wildman–Crippen LogP) is 1.56. The number of nitrogens with one attached hydrogen (secondary N) is 1. The van der Waals surface area contributed by atoms with Crippen molar-refractivity contribution < 1.29 is 14.3 Å². The molecule has 1 saturated carbocycles. The zero-order valence-corrected chi connectivity index (χ0v) is 12.6. The van der Waals surface area contributed by atoms with Crippen LogP contribution in [0.1, 0.15) is 49.9 Å². The lowest BCUT2D eigenvalue weighted by atomic mass is 9.75. The van der Waals surface area contributed by atoms with Crippen LogP contribution in [-0.2, 0) is 27.3 Å². The van der Waals surface area contributed by atoms with Gasteiger partial charge in [0, 0.05) is 13.0 Å². The number of fused-ring (bicyclic) bond motifs is 1. The van der Waals surface area contributed by atoms with Gasteiger partial charge in [-0.15, -0.1) is 0 Å². The molecule has 1 aromatic rings. The van der Waals surface area contributed by atoms with Gasteiger partial charge in [0.15, 0.2) is 0 Å². The molecule has 118 valence electrons. The van der Waals surface area contributed by atoms with Gasteiger partial charge in [-0.05, 0) is 25.7 Å². The van der Waals surface area contributed by atoms with Crippen LogP contribution < -0.4 is 0 Å². The summed E-state index contributed by atoms with van der Waals surface area (Å²) < 4.78 is 5.66. The number of hydrogen-bond donors (Lipinski definition) is 1. The zero-order chi connectivity index (χ0) is 15.2. The molecule has 1 spiro atoms. The first-order chi connectivity index (χ1) is 10.7. The first-order valence-electron chi connectivity index (χ1n) is 8.20. The Morgan fingerprint density at radius 1 is 1.36 bits per heavy atom. The predicted molar refractivity (Wildman–Crippen MR) is 77.7 cm³/mol. The third-order valence-corrected chi connectivity index (χ3v) is 5.41. The monoisotopic (exact) mass is 303 g/mol. The number of amides is 1. The van der Waals surface area contributed by atoms with Crippen LogP contribution in [0.15, 0.2) is 6.33 Å². The molecule has 1 saturated heterocycles. The lowest BCUT2D eigenvalue weighted by molar-refractivity contribution is -0.156. The smallest absolute Gasteiger partial charge is 0.307 e. The van der Waals surface area contributed by atoms with Crippen molar-refractivity contribution in [2.45, 2.75) is 57.1 Å². The highest BCUT2D eigenvalue weighted by atomic mass is 16.6. The number of imidazole rings is 1. The molecule has 1 amide bonds. The first kappa shape index (κ1) is 13.8. The van der Waals surface area contributed by atoms with Crippen LogP contribution >= 0.6 is 0 Å². The summed E-state index contributed by atoms with van der Waals surface area (Å²) in [4.78, 5) is 34.1. The maximum atomic E-state index is 13.0. The van der Waals surface area contributed by atoms with E-state index in [0.29, 0.717) is 13.1 Å². The molecule has 2 fully saturated rings. The van der Waals surface area contributed by atoms with Crippen molar-refractivity contribution in [2.75, 3.05) is 6.54 Å². The number of aromatic amines is 1. The molecule has 0 bridgehead atoms. The quantitative estimate of drug-likeness (QED) is 0.799. The highest BCUT2D eigenvalue weighted by molar-refractivity contribution is 5.88. The molecule has 0 radical (unpaired) electrons. The van der Waals surface area contributed by atoms with Crippen LogP contribution in [-0.4, -0.2) is 38.9 Å². The Hall–Kier alpha value is -1.85. The Bertz CT molecular complexity index is 604. The van der Waals surface area contributed by atoms with Gasteiger partial charge in [0.05, 0.1) is 36.6 Å². The summed E-state index contributed by atoms with van der Waals surface area (Å²) in [6.45, 7) is 1.24. The third kappa shape index (κ3) is 2.12. The number of aromatic nitrogens is 2. The topological polar surface area (TPSA) is 75.3 Å². The Labute approximate surface area is 129 Å². The summed E-state index contributed by atoms with van der Waals surface area (Å²) in [5, 5.41) is 0. The van der Waals surface area contributed by atoms with Crippen LogP contribution in [0, 0.1) is 5.92 Å². The van der Waals surface area contributed by atoms with Crippen molar-refractivity contribution >= 4 is 11.9 Å². The number of H-pyrrole nitrogens is 1. The summed E-state index contributed by atoms with van der Waals surface area (Å²) in [5.41, 5.74) is 1.54. The van der Waals surface area contributed by atoms with Crippen molar-refractivity contribution in [3.05, 3.63) is 17.7 Å². The molecular formula is C16H21N3O3. The molecule has 3 aliphatic rings. The van der Waals surface area contributed by atoms with E-state index >= 15 is 0 Å². The van der Waals surface area contributed by atoms with E-state index in [1.165, 1.54) is 6.42 Å². The molecule has 0 aromatic carbocycles. The fourth-order valence-electron chi connectivity index (χ4n) is 4.23. The minimum Gasteiger partial charge on any atom is -0.458 e. The van der Waals surface area contributed by atoms with Crippen LogP contribution in [0.2, 0.25) is 0 Å². The maximum absolute atomic E-state index is 13.0. The second kappa shape index (κ2) is 5.11. The molecule has 1 atom stereocenters. The highest BCUT2D eigenvalue weighted by Crippen LogP contribution is 2.45. The molecule has 6 heteroatoms.